The second-order valence-electron chi connectivity index (χ2n) is 5.25. The van der Waals surface area contributed by atoms with Crippen LogP contribution in [0.15, 0.2) is 16.7 Å². The van der Waals surface area contributed by atoms with Gasteiger partial charge in [0.1, 0.15) is 12.0 Å². The minimum absolute atomic E-state index is 0.234. The Labute approximate surface area is 101 Å². The average Bonchev–Trinajstić information content (AvgIpc) is 2.64. The van der Waals surface area contributed by atoms with E-state index in [1.807, 2.05) is 0 Å². The number of carboxylic acids is 1. The molecule has 2 unspecified atom stereocenters. The van der Waals surface area contributed by atoms with Crippen LogP contribution in [0.4, 0.5) is 0 Å². The molecule has 4 heteroatoms. The lowest BCUT2D eigenvalue weighted by Crippen LogP contribution is -2.37. The van der Waals surface area contributed by atoms with E-state index in [2.05, 4.69) is 18.7 Å². The van der Waals surface area contributed by atoms with Crippen LogP contribution in [-0.4, -0.2) is 29.1 Å². The second kappa shape index (κ2) is 4.92. The third-order valence-electron chi connectivity index (χ3n) is 3.22. The van der Waals surface area contributed by atoms with Gasteiger partial charge in [-0.1, -0.05) is 13.8 Å². The molecular formula is C13H19NO3. The summed E-state index contributed by atoms with van der Waals surface area (Å²) >= 11 is 0. The molecule has 1 aliphatic heterocycles. The number of hydrogen-bond donors (Lipinski definition) is 1. The van der Waals surface area contributed by atoms with Crippen LogP contribution in [0.3, 0.4) is 0 Å². The molecule has 0 aliphatic carbocycles. The molecule has 1 fully saturated rings. The van der Waals surface area contributed by atoms with E-state index in [0.717, 1.165) is 18.8 Å². The van der Waals surface area contributed by atoms with Crippen molar-refractivity contribution >= 4 is 5.97 Å². The summed E-state index contributed by atoms with van der Waals surface area (Å²) in [4.78, 5) is 13.1. The predicted octanol–water partition coefficient (Wildman–Crippen LogP) is 2.46. The zero-order valence-electron chi connectivity index (χ0n) is 10.3. The smallest absolute Gasteiger partial charge is 0.338 e. The van der Waals surface area contributed by atoms with Gasteiger partial charge in [-0.25, -0.2) is 4.79 Å². The van der Waals surface area contributed by atoms with Crippen LogP contribution < -0.4 is 0 Å². The summed E-state index contributed by atoms with van der Waals surface area (Å²) in [6.45, 7) is 7.35. The van der Waals surface area contributed by atoms with Crippen molar-refractivity contribution in [3.05, 3.63) is 23.7 Å². The van der Waals surface area contributed by atoms with Gasteiger partial charge in [-0.2, -0.15) is 0 Å². The topological polar surface area (TPSA) is 53.7 Å². The van der Waals surface area contributed by atoms with Crippen LogP contribution in [0, 0.1) is 11.8 Å². The molecule has 0 bridgehead atoms. The fourth-order valence-corrected chi connectivity index (χ4v) is 2.72. The summed E-state index contributed by atoms with van der Waals surface area (Å²) in [7, 11) is 0. The van der Waals surface area contributed by atoms with Gasteiger partial charge in [-0.15, -0.1) is 0 Å². The number of likely N-dealkylation sites (tertiary alicyclic amines) is 1. The van der Waals surface area contributed by atoms with Gasteiger partial charge in [0.15, 0.2) is 0 Å². The number of furan rings is 1. The highest BCUT2D eigenvalue weighted by Crippen LogP contribution is 2.22. The van der Waals surface area contributed by atoms with E-state index in [4.69, 9.17) is 9.52 Å². The molecule has 0 radical (unpaired) electrons. The SMILES string of the molecule is CC1CC(C)CN(Cc2cc(C(=O)O)co2)C1. The highest BCUT2D eigenvalue weighted by Gasteiger charge is 2.22. The Bertz CT molecular complexity index is 389. The van der Waals surface area contributed by atoms with Crippen molar-refractivity contribution in [1.82, 2.24) is 4.90 Å². The van der Waals surface area contributed by atoms with Crippen molar-refractivity contribution in [3.63, 3.8) is 0 Å². The van der Waals surface area contributed by atoms with Gasteiger partial charge in [-0.05, 0) is 24.3 Å². The van der Waals surface area contributed by atoms with Gasteiger partial charge in [-0.3, -0.25) is 4.90 Å². The molecule has 0 aromatic carbocycles. The average molecular weight is 237 g/mol. The third-order valence-corrected chi connectivity index (χ3v) is 3.22. The Morgan fingerprint density at radius 1 is 1.47 bits per heavy atom. The van der Waals surface area contributed by atoms with Gasteiger partial charge in [0.2, 0.25) is 0 Å². The highest BCUT2D eigenvalue weighted by molar-refractivity contribution is 5.87. The number of hydrogen-bond acceptors (Lipinski definition) is 3. The van der Waals surface area contributed by atoms with Crippen LogP contribution >= 0.6 is 0 Å². The summed E-state index contributed by atoms with van der Waals surface area (Å²) < 4.78 is 5.28. The molecule has 1 aliphatic rings. The van der Waals surface area contributed by atoms with Crippen molar-refractivity contribution in [1.29, 1.82) is 0 Å². The summed E-state index contributed by atoms with van der Waals surface area (Å²) in [5, 5.41) is 8.81. The van der Waals surface area contributed by atoms with Crippen molar-refractivity contribution in [2.75, 3.05) is 13.1 Å². The first kappa shape index (κ1) is 12.2. The summed E-state index contributed by atoms with van der Waals surface area (Å²) in [6, 6.07) is 1.62. The molecule has 1 N–H and O–H groups in total. The largest absolute Gasteiger partial charge is 0.478 e. The number of carbonyl (C=O) groups is 1. The summed E-state index contributed by atoms with van der Waals surface area (Å²) in [5.74, 6) is 1.21. The number of piperidine rings is 1. The normalized spacial score (nSPS) is 26.0. The van der Waals surface area contributed by atoms with Crippen LogP contribution in [-0.2, 0) is 6.54 Å². The Morgan fingerprint density at radius 3 is 2.65 bits per heavy atom. The molecule has 17 heavy (non-hydrogen) atoms. The predicted molar refractivity (Wildman–Crippen MR) is 63.9 cm³/mol. The van der Waals surface area contributed by atoms with Crippen LogP contribution in [0.5, 0.6) is 0 Å². The Hall–Kier alpha value is -1.29. The molecule has 4 nitrogen and oxygen atoms in total. The highest BCUT2D eigenvalue weighted by atomic mass is 16.4. The lowest BCUT2D eigenvalue weighted by molar-refractivity contribution is 0.0696. The Kier molecular flexibility index (Phi) is 3.52. The molecule has 1 saturated heterocycles. The van der Waals surface area contributed by atoms with Gasteiger partial charge in [0.25, 0.3) is 0 Å². The van der Waals surface area contributed by atoms with Crippen LogP contribution in [0.25, 0.3) is 0 Å². The van der Waals surface area contributed by atoms with E-state index in [-0.39, 0.29) is 5.56 Å². The van der Waals surface area contributed by atoms with E-state index >= 15 is 0 Å². The zero-order valence-corrected chi connectivity index (χ0v) is 10.3. The monoisotopic (exact) mass is 237 g/mol. The summed E-state index contributed by atoms with van der Waals surface area (Å²) in [6.07, 6.45) is 2.59. The molecule has 0 spiro atoms. The van der Waals surface area contributed by atoms with E-state index < -0.39 is 5.97 Å². The molecule has 0 saturated carbocycles. The quantitative estimate of drug-likeness (QED) is 0.877. The first-order valence-corrected chi connectivity index (χ1v) is 6.07. The minimum atomic E-state index is -0.930. The molecule has 2 heterocycles. The molecule has 1 aromatic rings. The first-order valence-electron chi connectivity index (χ1n) is 6.07. The van der Waals surface area contributed by atoms with Crippen molar-refractivity contribution < 1.29 is 14.3 Å². The van der Waals surface area contributed by atoms with Crippen molar-refractivity contribution in [2.45, 2.75) is 26.8 Å². The maximum Gasteiger partial charge on any atom is 0.338 e. The fourth-order valence-electron chi connectivity index (χ4n) is 2.72. The number of nitrogens with zero attached hydrogens (tertiary/aromatic N) is 1. The first-order chi connectivity index (χ1) is 8.04. The minimum Gasteiger partial charge on any atom is -0.478 e. The van der Waals surface area contributed by atoms with E-state index in [9.17, 15) is 4.79 Å². The number of rotatable bonds is 3. The molecule has 1 aromatic heterocycles. The second-order valence-corrected chi connectivity index (χ2v) is 5.25. The Balaban J connectivity index is 1.97. The molecular weight excluding hydrogens is 218 g/mol. The van der Waals surface area contributed by atoms with Gasteiger partial charge < -0.3 is 9.52 Å². The molecule has 2 rings (SSSR count). The lowest BCUT2D eigenvalue weighted by atomic mass is 9.92. The van der Waals surface area contributed by atoms with Crippen molar-refractivity contribution in [2.24, 2.45) is 11.8 Å². The Morgan fingerprint density at radius 2 is 2.12 bits per heavy atom. The number of aromatic carboxylic acids is 1. The molecule has 2 atom stereocenters. The lowest BCUT2D eigenvalue weighted by Gasteiger charge is -2.34. The maximum atomic E-state index is 10.7. The maximum absolute atomic E-state index is 10.7. The summed E-state index contributed by atoms with van der Waals surface area (Å²) in [5.41, 5.74) is 0.234. The standard InChI is InChI=1S/C13H19NO3/c1-9-3-10(2)6-14(5-9)7-12-4-11(8-17-12)13(15)16/h4,8-10H,3,5-7H2,1-2H3,(H,15,16). The molecule has 94 valence electrons. The van der Waals surface area contributed by atoms with Gasteiger partial charge in [0, 0.05) is 13.1 Å². The van der Waals surface area contributed by atoms with E-state index in [0.29, 0.717) is 18.4 Å². The fraction of sp³-hybridized carbons (Fsp3) is 0.615. The van der Waals surface area contributed by atoms with E-state index in [1.165, 1.54) is 12.7 Å². The third kappa shape index (κ3) is 3.09. The van der Waals surface area contributed by atoms with Gasteiger partial charge in [0.05, 0.1) is 12.1 Å². The van der Waals surface area contributed by atoms with Crippen LogP contribution in [0.1, 0.15) is 36.4 Å². The van der Waals surface area contributed by atoms with E-state index in [1.54, 1.807) is 6.07 Å². The number of carboxylic acid groups (broad SMARTS) is 1. The molecule has 0 amide bonds. The van der Waals surface area contributed by atoms with Crippen molar-refractivity contribution in [3.8, 4) is 0 Å². The van der Waals surface area contributed by atoms with Crippen LogP contribution in [0.2, 0.25) is 0 Å². The van der Waals surface area contributed by atoms with Gasteiger partial charge >= 0.3 is 5.97 Å². The zero-order chi connectivity index (χ0) is 12.4.